The van der Waals surface area contributed by atoms with E-state index in [1.165, 1.54) is 23.1 Å². The van der Waals surface area contributed by atoms with E-state index in [0.29, 0.717) is 16.7 Å². The fourth-order valence-corrected chi connectivity index (χ4v) is 3.85. The normalized spacial score (nSPS) is 11.9. The van der Waals surface area contributed by atoms with Gasteiger partial charge in [0.25, 0.3) is 0 Å². The number of anilines is 1. The molecule has 3 rings (SSSR count). The highest BCUT2D eigenvalue weighted by Crippen LogP contribution is 2.26. The summed E-state index contributed by atoms with van der Waals surface area (Å²) in [6.07, 6.45) is 1.63. The minimum absolute atomic E-state index is 0.0576. The number of carbonyl (C=O) groups excluding carboxylic acids is 1. The third-order valence-corrected chi connectivity index (χ3v) is 5.74. The van der Waals surface area contributed by atoms with Gasteiger partial charge in [0, 0.05) is 5.02 Å². The molecule has 1 atom stereocenters. The van der Waals surface area contributed by atoms with E-state index in [0.717, 1.165) is 15.7 Å². The molecule has 3 aromatic rings. The summed E-state index contributed by atoms with van der Waals surface area (Å²) < 4.78 is 5.99. The van der Waals surface area contributed by atoms with Crippen LogP contribution in [0.15, 0.2) is 51.4 Å². The van der Waals surface area contributed by atoms with Crippen molar-refractivity contribution in [1.82, 2.24) is 15.5 Å². The van der Waals surface area contributed by atoms with Crippen LogP contribution in [0.5, 0.6) is 0 Å². The SMILES string of the molecule is C[C@H](NC(=O)CSc1nnc(NCc2ccco2)s1)c1ccc(Cl)cc1. The third-order valence-electron chi connectivity index (χ3n) is 3.47. The highest BCUT2D eigenvalue weighted by Gasteiger charge is 2.12. The van der Waals surface area contributed by atoms with Crippen LogP contribution in [0.2, 0.25) is 5.02 Å². The number of furan rings is 1. The zero-order valence-corrected chi connectivity index (χ0v) is 16.3. The summed E-state index contributed by atoms with van der Waals surface area (Å²) in [5.41, 5.74) is 1.01. The lowest BCUT2D eigenvalue weighted by molar-refractivity contribution is -0.119. The lowest BCUT2D eigenvalue weighted by Crippen LogP contribution is -2.28. The number of amides is 1. The Morgan fingerprint density at radius 3 is 2.85 bits per heavy atom. The number of rotatable bonds is 8. The van der Waals surface area contributed by atoms with E-state index in [1.54, 1.807) is 6.26 Å². The van der Waals surface area contributed by atoms with Crippen molar-refractivity contribution < 1.29 is 9.21 Å². The van der Waals surface area contributed by atoms with Crippen LogP contribution in [0.25, 0.3) is 0 Å². The highest BCUT2D eigenvalue weighted by atomic mass is 35.5. The Hall–Kier alpha value is -2.03. The lowest BCUT2D eigenvalue weighted by atomic mass is 10.1. The van der Waals surface area contributed by atoms with Gasteiger partial charge in [-0.25, -0.2) is 0 Å². The van der Waals surface area contributed by atoms with Gasteiger partial charge in [0.1, 0.15) is 5.76 Å². The van der Waals surface area contributed by atoms with Gasteiger partial charge in [-0.1, -0.05) is 46.8 Å². The summed E-state index contributed by atoms with van der Waals surface area (Å²) in [5, 5.41) is 15.6. The average Bonchev–Trinajstić information content (AvgIpc) is 3.30. The maximum Gasteiger partial charge on any atom is 0.230 e. The molecule has 0 spiro atoms. The number of halogens is 1. The molecule has 2 aromatic heterocycles. The average molecular weight is 409 g/mol. The molecule has 1 aromatic carbocycles. The molecule has 6 nitrogen and oxygen atoms in total. The van der Waals surface area contributed by atoms with Gasteiger partial charge in [-0.15, -0.1) is 10.2 Å². The minimum atomic E-state index is -0.0830. The van der Waals surface area contributed by atoms with E-state index in [-0.39, 0.29) is 17.7 Å². The Bertz CT molecular complexity index is 837. The van der Waals surface area contributed by atoms with Crippen LogP contribution in [-0.4, -0.2) is 21.9 Å². The van der Waals surface area contributed by atoms with Crippen LogP contribution >= 0.6 is 34.7 Å². The summed E-state index contributed by atoms with van der Waals surface area (Å²) in [4.78, 5) is 12.1. The van der Waals surface area contributed by atoms with E-state index >= 15 is 0 Å². The maximum absolute atomic E-state index is 12.1. The molecular weight excluding hydrogens is 392 g/mol. The minimum Gasteiger partial charge on any atom is -0.467 e. The molecule has 0 saturated heterocycles. The molecule has 0 fully saturated rings. The zero-order chi connectivity index (χ0) is 18.4. The molecule has 0 bridgehead atoms. The Balaban J connectivity index is 1.43. The molecule has 1 amide bonds. The summed E-state index contributed by atoms with van der Waals surface area (Å²) in [7, 11) is 0. The predicted octanol–water partition coefficient (Wildman–Crippen LogP) is 4.37. The van der Waals surface area contributed by atoms with E-state index < -0.39 is 0 Å². The summed E-state index contributed by atoms with van der Waals surface area (Å²) in [6.45, 7) is 2.48. The van der Waals surface area contributed by atoms with Crippen LogP contribution < -0.4 is 10.6 Å². The molecule has 136 valence electrons. The molecule has 0 aliphatic rings. The predicted molar refractivity (Wildman–Crippen MR) is 105 cm³/mol. The summed E-state index contributed by atoms with van der Waals surface area (Å²) in [6, 6.07) is 11.1. The number of thioether (sulfide) groups is 1. The first-order chi connectivity index (χ1) is 12.6. The monoisotopic (exact) mass is 408 g/mol. The number of aromatic nitrogens is 2. The molecule has 0 aliphatic heterocycles. The van der Waals surface area contributed by atoms with Crippen molar-refractivity contribution in [3.63, 3.8) is 0 Å². The van der Waals surface area contributed by atoms with Crippen molar-refractivity contribution in [2.45, 2.75) is 23.8 Å². The van der Waals surface area contributed by atoms with Gasteiger partial charge in [-0.3, -0.25) is 4.79 Å². The first-order valence-electron chi connectivity index (χ1n) is 7.87. The smallest absolute Gasteiger partial charge is 0.230 e. The largest absolute Gasteiger partial charge is 0.467 e. The standard InChI is InChI=1S/C17H17ClN4O2S2/c1-11(12-4-6-13(18)7-5-12)20-15(23)10-25-17-22-21-16(26-17)19-9-14-3-2-8-24-14/h2-8,11H,9-10H2,1H3,(H,19,21)(H,20,23)/t11-/m0/s1. The fraction of sp³-hybridized carbons (Fsp3) is 0.235. The molecule has 9 heteroatoms. The molecule has 0 aliphatic carbocycles. The third kappa shape index (κ3) is 5.48. The van der Waals surface area contributed by atoms with Gasteiger partial charge in [0.05, 0.1) is 24.6 Å². The molecule has 2 heterocycles. The molecule has 0 saturated carbocycles. The van der Waals surface area contributed by atoms with E-state index in [4.69, 9.17) is 16.0 Å². The second-order valence-corrected chi connectivity index (χ2v) is 8.07. The van der Waals surface area contributed by atoms with Crippen LogP contribution in [0.3, 0.4) is 0 Å². The van der Waals surface area contributed by atoms with Crippen molar-refractivity contribution >= 4 is 45.7 Å². The number of hydrogen-bond acceptors (Lipinski definition) is 7. The first-order valence-corrected chi connectivity index (χ1v) is 10.1. The van der Waals surface area contributed by atoms with E-state index in [1.807, 2.05) is 43.3 Å². The van der Waals surface area contributed by atoms with Crippen molar-refractivity contribution in [2.75, 3.05) is 11.1 Å². The van der Waals surface area contributed by atoms with Gasteiger partial charge >= 0.3 is 0 Å². The van der Waals surface area contributed by atoms with E-state index in [2.05, 4.69) is 20.8 Å². The zero-order valence-electron chi connectivity index (χ0n) is 13.9. The summed E-state index contributed by atoms with van der Waals surface area (Å²) in [5.74, 6) is 1.05. The quantitative estimate of drug-likeness (QED) is 0.539. The Morgan fingerprint density at radius 2 is 2.12 bits per heavy atom. The van der Waals surface area contributed by atoms with Crippen LogP contribution in [0.1, 0.15) is 24.3 Å². The van der Waals surface area contributed by atoms with E-state index in [9.17, 15) is 4.79 Å². The number of benzene rings is 1. The van der Waals surface area contributed by atoms with Crippen molar-refractivity contribution in [1.29, 1.82) is 0 Å². The highest BCUT2D eigenvalue weighted by molar-refractivity contribution is 8.01. The Morgan fingerprint density at radius 1 is 1.31 bits per heavy atom. The number of nitrogens with zero attached hydrogens (tertiary/aromatic N) is 2. The topological polar surface area (TPSA) is 80.0 Å². The molecule has 26 heavy (non-hydrogen) atoms. The van der Waals surface area contributed by atoms with Gasteiger partial charge in [-0.05, 0) is 36.8 Å². The number of nitrogens with one attached hydrogen (secondary N) is 2. The maximum atomic E-state index is 12.1. The van der Waals surface area contributed by atoms with Crippen molar-refractivity contribution in [3.8, 4) is 0 Å². The first kappa shape index (κ1) is 18.8. The van der Waals surface area contributed by atoms with Crippen molar-refractivity contribution in [3.05, 3.63) is 59.0 Å². The lowest BCUT2D eigenvalue weighted by Gasteiger charge is -2.13. The van der Waals surface area contributed by atoms with Gasteiger partial charge in [-0.2, -0.15) is 0 Å². The molecule has 0 unspecified atom stereocenters. The van der Waals surface area contributed by atoms with Gasteiger partial charge < -0.3 is 15.1 Å². The molecular formula is C17H17ClN4O2S2. The van der Waals surface area contributed by atoms with Crippen LogP contribution in [-0.2, 0) is 11.3 Å². The number of hydrogen-bond donors (Lipinski definition) is 2. The second kappa shape index (κ2) is 9.07. The Kier molecular flexibility index (Phi) is 6.54. The van der Waals surface area contributed by atoms with Crippen LogP contribution in [0.4, 0.5) is 5.13 Å². The van der Waals surface area contributed by atoms with Gasteiger partial charge in [0.2, 0.25) is 11.0 Å². The Labute approximate surface area is 164 Å². The molecule has 2 N–H and O–H groups in total. The second-order valence-electron chi connectivity index (χ2n) is 5.44. The van der Waals surface area contributed by atoms with Crippen molar-refractivity contribution in [2.24, 2.45) is 0 Å². The molecule has 0 radical (unpaired) electrons. The van der Waals surface area contributed by atoms with Gasteiger partial charge in [0.15, 0.2) is 4.34 Å². The summed E-state index contributed by atoms with van der Waals surface area (Å²) >= 11 is 8.65. The number of carbonyl (C=O) groups is 1. The fourth-order valence-electron chi connectivity index (χ4n) is 2.16. The van der Waals surface area contributed by atoms with Crippen LogP contribution in [0, 0.1) is 0 Å².